The molecule has 1 N–H and O–H groups in total. The largest absolute Gasteiger partial charge is 0.392 e. The van der Waals surface area contributed by atoms with Crippen molar-refractivity contribution in [3.8, 4) is 0 Å². The van der Waals surface area contributed by atoms with Gasteiger partial charge in [0.2, 0.25) is 0 Å². The Kier molecular flexibility index (Phi) is 6.68. The van der Waals surface area contributed by atoms with Crippen molar-refractivity contribution in [1.29, 1.82) is 0 Å². The minimum absolute atomic E-state index is 0.199. The molecule has 1 heterocycles. The van der Waals surface area contributed by atoms with Crippen molar-refractivity contribution in [3.63, 3.8) is 0 Å². The zero-order valence-electron chi connectivity index (χ0n) is 13.5. The molecule has 21 heavy (non-hydrogen) atoms. The van der Waals surface area contributed by atoms with Gasteiger partial charge in [0.05, 0.1) is 6.10 Å². The quantitative estimate of drug-likeness (QED) is 0.834. The Balaban J connectivity index is 1.64. The first kappa shape index (κ1) is 16.5. The van der Waals surface area contributed by atoms with E-state index in [1.54, 1.807) is 0 Å². The van der Waals surface area contributed by atoms with Gasteiger partial charge in [-0.15, -0.1) is 0 Å². The zero-order valence-corrected chi connectivity index (χ0v) is 13.5. The first-order chi connectivity index (χ1) is 10.1. The lowest BCUT2D eigenvalue weighted by Gasteiger charge is -2.34. The molecule has 2 rings (SSSR count). The third-order valence-electron chi connectivity index (χ3n) is 4.42. The molecule has 0 saturated carbocycles. The van der Waals surface area contributed by atoms with Gasteiger partial charge < -0.3 is 14.9 Å². The van der Waals surface area contributed by atoms with Gasteiger partial charge in [-0.25, -0.2) is 0 Å². The standard InChI is InChI=1S/C18H30N2O/c1-16(21)14-20-12-9-18(10-13-20)15-19(2)11-8-17-6-4-3-5-7-17/h3-7,16,18,21H,8-15H2,1-2H3. The van der Waals surface area contributed by atoms with E-state index in [1.165, 1.54) is 24.9 Å². The van der Waals surface area contributed by atoms with Crippen LogP contribution in [0, 0.1) is 5.92 Å². The van der Waals surface area contributed by atoms with Gasteiger partial charge in [0, 0.05) is 19.6 Å². The molecule has 0 aromatic heterocycles. The molecule has 1 fully saturated rings. The average Bonchev–Trinajstić information content (AvgIpc) is 2.48. The number of likely N-dealkylation sites (tertiary alicyclic amines) is 1. The zero-order chi connectivity index (χ0) is 15.1. The Labute approximate surface area is 129 Å². The molecule has 1 aromatic rings. The number of benzene rings is 1. The summed E-state index contributed by atoms with van der Waals surface area (Å²) in [6, 6.07) is 10.7. The number of nitrogens with zero attached hydrogens (tertiary/aromatic N) is 2. The van der Waals surface area contributed by atoms with Gasteiger partial charge in [-0.2, -0.15) is 0 Å². The van der Waals surface area contributed by atoms with E-state index in [4.69, 9.17) is 0 Å². The van der Waals surface area contributed by atoms with Gasteiger partial charge in [0.1, 0.15) is 0 Å². The smallest absolute Gasteiger partial charge is 0.0639 e. The van der Waals surface area contributed by atoms with E-state index in [0.717, 1.165) is 38.5 Å². The van der Waals surface area contributed by atoms with Crippen LogP contribution >= 0.6 is 0 Å². The summed E-state index contributed by atoms with van der Waals surface area (Å²) >= 11 is 0. The lowest BCUT2D eigenvalue weighted by molar-refractivity contribution is 0.0927. The molecular formula is C18H30N2O. The molecule has 3 nitrogen and oxygen atoms in total. The number of hydrogen-bond donors (Lipinski definition) is 1. The molecule has 0 spiro atoms. The highest BCUT2D eigenvalue weighted by atomic mass is 16.3. The summed E-state index contributed by atoms with van der Waals surface area (Å²) in [5, 5.41) is 9.44. The maximum absolute atomic E-state index is 9.44. The molecule has 1 aliphatic heterocycles. The fourth-order valence-electron chi connectivity index (χ4n) is 3.22. The van der Waals surface area contributed by atoms with Crippen LogP contribution in [-0.2, 0) is 6.42 Å². The number of rotatable bonds is 7. The Bertz CT molecular complexity index is 385. The second kappa shape index (κ2) is 8.52. The number of β-amino-alcohol motifs (C(OH)–C–C–N with tert-alkyl or cyclic N) is 1. The van der Waals surface area contributed by atoms with Gasteiger partial charge >= 0.3 is 0 Å². The van der Waals surface area contributed by atoms with Crippen LogP contribution < -0.4 is 0 Å². The highest BCUT2D eigenvalue weighted by Gasteiger charge is 2.20. The van der Waals surface area contributed by atoms with E-state index in [2.05, 4.69) is 47.2 Å². The topological polar surface area (TPSA) is 26.7 Å². The maximum Gasteiger partial charge on any atom is 0.0639 e. The number of hydrogen-bond acceptors (Lipinski definition) is 3. The van der Waals surface area contributed by atoms with Crippen LogP contribution in [0.2, 0.25) is 0 Å². The van der Waals surface area contributed by atoms with E-state index in [1.807, 2.05) is 6.92 Å². The Hall–Kier alpha value is -0.900. The minimum Gasteiger partial charge on any atom is -0.392 e. The molecule has 3 heteroatoms. The second-order valence-electron chi connectivity index (χ2n) is 6.59. The SMILES string of the molecule is CC(O)CN1CCC(CN(C)CCc2ccccc2)CC1. The minimum atomic E-state index is -0.199. The molecule has 1 aromatic carbocycles. The summed E-state index contributed by atoms with van der Waals surface area (Å²) in [4.78, 5) is 4.87. The highest BCUT2D eigenvalue weighted by Crippen LogP contribution is 2.18. The number of likely N-dealkylation sites (N-methyl/N-ethyl adjacent to an activating group) is 1. The van der Waals surface area contributed by atoms with E-state index in [0.29, 0.717) is 0 Å². The molecule has 0 amide bonds. The van der Waals surface area contributed by atoms with Crippen molar-refractivity contribution >= 4 is 0 Å². The van der Waals surface area contributed by atoms with E-state index >= 15 is 0 Å². The predicted molar refractivity (Wildman–Crippen MR) is 88.5 cm³/mol. The van der Waals surface area contributed by atoms with Crippen molar-refractivity contribution in [1.82, 2.24) is 9.80 Å². The average molecular weight is 290 g/mol. The van der Waals surface area contributed by atoms with Crippen molar-refractivity contribution in [2.45, 2.75) is 32.3 Å². The number of piperidine rings is 1. The fourth-order valence-corrected chi connectivity index (χ4v) is 3.22. The monoisotopic (exact) mass is 290 g/mol. The van der Waals surface area contributed by atoms with Gasteiger partial charge in [0.25, 0.3) is 0 Å². The molecule has 1 atom stereocenters. The van der Waals surface area contributed by atoms with Crippen molar-refractivity contribution in [2.24, 2.45) is 5.92 Å². The summed E-state index contributed by atoms with van der Waals surface area (Å²) in [7, 11) is 2.24. The Morgan fingerprint density at radius 3 is 2.52 bits per heavy atom. The van der Waals surface area contributed by atoms with Crippen molar-refractivity contribution < 1.29 is 5.11 Å². The third-order valence-corrected chi connectivity index (χ3v) is 4.42. The Morgan fingerprint density at radius 1 is 1.24 bits per heavy atom. The van der Waals surface area contributed by atoms with Crippen molar-refractivity contribution in [2.75, 3.05) is 39.8 Å². The molecule has 0 aliphatic carbocycles. The van der Waals surface area contributed by atoms with E-state index < -0.39 is 0 Å². The predicted octanol–water partition coefficient (Wildman–Crippen LogP) is 2.25. The summed E-state index contributed by atoms with van der Waals surface area (Å²) < 4.78 is 0. The van der Waals surface area contributed by atoms with Crippen LogP contribution in [0.1, 0.15) is 25.3 Å². The first-order valence-corrected chi connectivity index (χ1v) is 8.26. The Morgan fingerprint density at radius 2 is 1.90 bits per heavy atom. The molecule has 0 bridgehead atoms. The fraction of sp³-hybridized carbons (Fsp3) is 0.667. The van der Waals surface area contributed by atoms with Crippen LogP contribution in [-0.4, -0.2) is 60.8 Å². The van der Waals surface area contributed by atoms with Crippen LogP contribution in [0.4, 0.5) is 0 Å². The molecule has 1 aliphatic rings. The maximum atomic E-state index is 9.44. The van der Waals surface area contributed by atoms with Crippen LogP contribution in [0.15, 0.2) is 30.3 Å². The van der Waals surface area contributed by atoms with Gasteiger partial charge in [-0.3, -0.25) is 0 Å². The molecule has 0 radical (unpaired) electrons. The molecular weight excluding hydrogens is 260 g/mol. The summed E-state index contributed by atoms with van der Waals surface area (Å²) in [6.45, 7) is 7.33. The third kappa shape index (κ3) is 6.16. The van der Waals surface area contributed by atoms with Crippen LogP contribution in [0.25, 0.3) is 0 Å². The molecule has 118 valence electrons. The number of aliphatic hydroxyl groups excluding tert-OH is 1. The highest BCUT2D eigenvalue weighted by molar-refractivity contribution is 5.14. The van der Waals surface area contributed by atoms with E-state index in [-0.39, 0.29) is 6.10 Å². The summed E-state index contributed by atoms with van der Waals surface area (Å²) in [5.41, 5.74) is 1.43. The van der Waals surface area contributed by atoms with Gasteiger partial charge in [-0.1, -0.05) is 30.3 Å². The van der Waals surface area contributed by atoms with Gasteiger partial charge in [0.15, 0.2) is 0 Å². The van der Waals surface area contributed by atoms with Crippen LogP contribution in [0.3, 0.4) is 0 Å². The molecule has 1 saturated heterocycles. The molecule has 1 unspecified atom stereocenters. The number of aliphatic hydroxyl groups is 1. The lowest BCUT2D eigenvalue weighted by Crippen LogP contribution is -2.40. The van der Waals surface area contributed by atoms with Gasteiger partial charge in [-0.05, 0) is 57.8 Å². The second-order valence-corrected chi connectivity index (χ2v) is 6.59. The summed E-state index contributed by atoms with van der Waals surface area (Å²) in [5.74, 6) is 0.816. The lowest BCUT2D eigenvalue weighted by atomic mass is 9.96. The van der Waals surface area contributed by atoms with Crippen LogP contribution in [0.5, 0.6) is 0 Å². The van der Waals surface area contributed by atoms with E-state index in [9.17, 15) is 5.11 Å². The first-order valence-electron chi connectivity index (χ1n) is 8.26. The normalized spacial score (nSPS) is 19.0. The van der Waals surface area contributed by atoms with Crippen molar-refractivity contribution in [3.05, 3.63) is 35.9 Å². The summed E-state index contributed by atoms with van der Waals surface area (Å²) in [6.07, 6.45) is 3.47.